The zero-order valence-electron chi connectivity index (χ0n) is 9.63. The van der Waals surface area contributed by atoms with Crippen molar-refractivity contribution in [3.63, 3.8) is 0 Å². The molecule has 0 bridgehead atoms. The second-order valence-corrected chi connectivity index (χ2v) is 4.52. The fraction of sp³-hybridized carbons (Fsp3) is 0.0667. The summed E-state index contributed by atoms with van der Waals surface area (Å²) in [4.78, 5) is 16.5. The van der Waals surface area contributed by atoms with Crippen LogP contribution < -0.4 is 10.9 Å². The molecule has 1 aliphatic rings. The highest BCUT2D eigenvalue weighted by atomic mass is 16.1. The first-order valence-electron chi connectivity index (χ1n) is 5.93. The maximum atomic E-state index is 11.8. The third kappa shape index (κ3) is 1.19. The molecule has 3 aromatic rings. The maximum absolute atomic E-state index is 11.8. The predicted octanol–water partition coefficient (Wildman–Crippen LogP) is 1.46. The molecule has 0 N–H and O–H groups in total. The van der Waals surface area contributed by atoms with Crippen LogP contribution in [0.1, 0.15) is 5.56 Å². The summed E-state index contributed by atoms with van der Waals surface area (Å²) in [5.74, 6) is 0. The summed E-state index contributed by atoms with van der Waals surface area (Å²) in [7, 11) is 0. The molecule has 0 fully saturated rings. The molecule has 0 atom stereocenters. The molecule has 86 valence electrons. The minimum Gasteiger partial charge on any atom is -0.281 e. The summed E-state index contributed by atoms with van der Waals surface area (Å²) >= 11 is 0. The van der Waals surface area contributed by atoms with Crippen LogP contribution in [0.4, 0.5) is 0 Å². The van der Waals surface area contributed by atoms with Crippen LogP contribution in [0.2, 0.25) is 0 Å². The molecule has 18 heavy (non-hydrogen) atoms. The summed E-state index contributed by atoms with van der Waals surface area (Å²) in [6.45, 7) is 0. The Morgan fingerprint density at radius 1 is 1.28 bits per heavy atom. The standard InChI is InChI=1S/C15H10N2O/c18-14-7-3-6-13-15-11(9-17(13)14)8-10-4-1-2-5-12(10)16-15/h1-3,5-9H,4H2. The van der Waals surface area contributed by atoms with Gasteiger partial charge in [-0.05, 0) is 30.2 Å². The van der Waals surface area contributed by atoms with Crippen LogP contribution in [-0.2, 0) is 6.42 Å². The third-order valence-corrected chi connectivity index (χ3v) is 3.39. The van der Waals surface area contributed by atoms with E-state index >= 15 is 0 Å². The molecule has 0 saturated heterocycles. The summed E-state index contributed by atoms with van der Waals surface area (Å²) in [6, 6.07) is 7.41. The Balaban J connectivity index is 2.26. The molecule has 0 amide bonds. The Hall–Kier alpha value is -2.42. The Labute approximate surface area is 103 Å². The van der Waals surface area contributed by atoms with Crippen molar-refractivity contribution < 1.29 is 0 Å². The molecule has 3 aromatic heterocycles. The van der Waals surface area contributed by atoms with Crippen molar-refractivity contribution in [1.82, 2.24) is 9.38 Å². The van der Waals surface area contributed by atoms with Gasteiger partial charge < -0.3 is 0 Å². The Morgan fingerprint density at radius 2 is 2.22 bits per heavy atom. The van der Waals surface area contributed by atoms with E-state index in [-0.39, 0.29) is 5.56 Å². The minimum atomic E-state index is -0.00873. The van der Waals surface area contributed by atoms with Crippen LogP contribution in [0.3, 0.4) is 0 Å². The first kappa shape index (κ1) is 9.59. The zero-order chi connectivity index (χ0) is 12.1. The molecule has 0 unspecified atom stereocenters. The highest BCUT2D eigenvalue weighted by Crippen LogP contribution is 2.18. The van der Waals surface area contributed by atoms with Gasteiger partial charge in [0.05, 0.1) is 16.4 Å². The van der Waals surface area contributed by atoms with E-state index < -0.39 is 0 Å². The fourth-order valence-corrected chi connectivity index (χ4v) is 2.52. The van der Waals surface area contributed by atoms with Crippen LogP contribution >= 0.6 is 0 Å². The van der Waals surface area contributed by atoms with Crippen LogP contribution in [0.15, 0.2) is 47.4 Å². The summed E-state index contributed by atoms with van der Waals surface area (Å²) in [5, 5.41) is 2.04. The van der Waals surface area contributed by atoms with Crippen molar-refractivity contribution >= 4 is 22.5 Å². The lowest BCUT2D eigenvalue weighted by Crippen LogP contribution is -2.14. The van der Waals surface area contributed by atoms with E-state index in [2.05, 4.69) is 17.1 Å². The van der Waals surface area contributed by atoms with Gasteiger partial charge in [-0.1, -0.05) is 18.2 Å². The molecule has 0 spiro atoms. The van der Waals surface area contributed by atoms with Gasteiger partial charge in [0, 0.05) is 17.6 Å². The zero-order valence-corrected chi connectivity index (χ0v) is 9.63. The largest absolute Gasteiger partial charge is 0.281 e. The number of aromatic nitrogens is 2. The van der Waals surface area contributed by atoms with E-state index in [0.717, 1.165) is 28.2 Å². The van der Waals surface area contributed by atoms with Crippen molar-refractivity contribution in [3.8, 4) is 0 Å². The maximum Gasteiger partial charge on any atom is 0.255 e. The van der Waals surface area contributed by atoms with Gasteiger partial charge in [0.15, 0.2) is 0 Å². The number of fused-ring (bicyclic) bond motifs is 4. The van der Waals surface area contributed by atoms with Gasteiger partial charge in [0.25, 0.3) is 5.56 Å². The molecule has 0 saturated carbocycles. The average Bonchev–Trinajstić information content (AvgIpc) is 2.76. The molecule has 3 nitrogen and oxygen atoms in total. The van der Waals surface area contributed by atoms with E-state index in [9.17, 15) is 4.79 Å². The molecule has 3 heteroatoms. The first-order valence-corrected chi connectivity index (χ1v) is 5.93. The van der Waals surface area contributed by atoms with Gasteiger partial charge >= 0.3 is 0 Å². The Bertz CT molecular complexity index is 919. The van der Waals surface area contributed by atoms with Gasteiger partial charge in [-0.15, -0.1) is 0 Å². The number of rotatable bonds is 0. The van der Waals surface area contributed by atoms with Crippen LogP contribution in [-0.4, -0.2) is 9.38 Å². The van der Waals surface area contributed by atoms with E-state index in [1.54, 1.807) is 16.5 Å². The summed E-state index contributed by atoms with van der Waals surface area (Å²) in [6.07, 6.45) is 8.94. The van der Waals surface area contributed by atoms with Crippen LogP contribution in [0, 0.1) is 0 Å². The van der Waals surface area contributed by atoms with Crippen LogP contribution in [0.25, 0.3) is 22.5 Å². The lowest BCUT2D eigenvalue weighted by Gasteiger charge is -2.02. The van der Waals surface area contributed by atoms with Gasteiger partial charge in [-0.3, -0.25) is 9.20 Å². The quantitative estimate of drug-likeness (QED) is 0.590. The van der Waals surface area contributed by atoms with Crippen molar-refractivity contribution in [3.05, 3.63) is 63.9 Å². The molecular weight excluding hydrogens is 224 g/mol. The summed E-state index contributed by atoms with van der Waals surface area (Å²) < 4.78 is 1.66. The lowest BCUT2D eigenvalue weighted by atomic mass is 10.1. The molecule has 1 aliphatic carbocycles. The average molecular weight is 234 g/mol. The normalized spacial score (nSPS) is 13.8. The monoisotopic (exact) mass is 234 g/mol. The van der Waals surface area contributed by atoms with Crippen molar-refractivity contribution in [2.75, 3.05) is 0 Å². The fourth-order valence-electron chi connectivity index (χ4n) is 2.52. The first-order chi connectivity index (χ1) is 8.83. The number of allylic oxidation sites excluding steroid dienone is 2. The molecule has 0 aromatic carbocycles. The van der Waals surface area contributed by atoms with Gasteiger partial charge in [0.2, 0.25) is 0 Å². The molecule has 0 aliphatic heterocycles. The lowest BCUT2D eigenvalue weighted by molar-refractivity contribution is 1.13. The molecule has 0 radical (unpaired) electrons. The topological polar surface area (TPSA) is 34.4 Å². The van der Waals surface area contributed by atoms with Crippen molar-refractivity contribution in [1.29, 1.82) is 0 Å². The predicted molar refractivity (Wildman–Crippen MR) is 71.5 cm³/mol. The van der Waals surface area contributed by atoms with Gasteiger partial charge in [0.1, 0.15) is 0 Å². The molecule has 3 heterocycles. The smallest absolute Gasteiger partial charge is 0.255 e. The van der Waals surface area contributed by atoms with Gasteiger partial charge in [-0.2, -0.15) is 0 Å². The van der Waals surface area contributed by atoms with E-state index in [4.69, 9.17) is 0 Å². The number of hydrogen-bond acceptors (Lipinski definition) is 2. The SMILES string of the molecule is O=c1cccc2c3nc4c(cc3cn12)CC=CC=4. The number of pyridine rings is 2. The minimum absolute atomic E-state index is 0.00873. The number of nitrogens with zero attached hydrogens (tertiary/aromatic N) is 2. The van der Waals surface area contributed by atoms with E-state index in [1.807, 2.05) is 24.4 Å². The van der Waals surface area contributed by atoms with E-state index in [1.165, 1.54) is 5.56 Å². The van der Waals surface area contributed by atoms with Crippen LogP contribution in [0.5, 0.6) is 0 Å². The highest BCUT2D eigenvalue weighted by Gasteiger charge is 2.08. The second kappa shape index (κ2) is 3.29. The van der Waals surface area contributed by atoms with E-state index in [0.29, 0.717) is 0 Å². The number of hydrogen-bond donors (Lipinski definition) is 0. The molecular formula is C15H10N2O. The third-order valence-electron chi connectivity index (χ3n) is 3.39. The van der Waals surface area contributed by atoms with Gasteiger partial charge in [-0.25, -0.2) is 4.98 Å². The van der Waals surface area contributed by atoms with Crippen molar-refractivity contribution in [2.45, 2.75) is 6.42 Å². The molecule has 4 rings (SSSR count). The Kier molecular flexibility index (Phi) is 1.75. The Morgan fingerprint density at radius 3 is 3.17 bits per heavy atom. The van der Waals surface area contributed by atoms with Crippen molar-refractivity contribution in [2.24, 2.45) is 0 Å². The second-order valence-electron chi connectivity index (χ2n) is 4.52. The highest BCUT2D eigenvalue weighted by molar-refractivity contribution is 5.94. The summed E-state index contributed by atoms with van der Waals surface area (Å²) in [5.41, 5.74) is 2.99.